The second-order valence-corrected chi connectivity index (χ2v) is 15.1. The van der Waals surface area contributed by atoms with Crippen molar-refractivity contribution in [2.24, 2.45) is 16.2 Å². The number of ether oxygens (including phenoxy) is 3. The summed E-state index contributed by atoms with van der Waals surface area (Å²) < 4.78 is 14.1. The van der Waals surface area contributed by atoms with Crippen LogP contribution in [0.4, 0.5) is 0 Å². The van der Waals surface area contributed by atoms with Gasteiger partial charge in [-0.05, 0) is 98.3 Å². The minimum absolute atomic E-state index is 0. The average molecular weight is 946 g/mol. The van der Waals surface area contributed by atoms with Crippen LogP contribution in [0.25, 0.3) is 0 Å². The maximum atomic E-state index is 11.6. The molecule has 13 heteroatoms. The standard InChI is InChI=1S/C13H18O2.C11H14O2.C7H14O2.C6H12O2.C5H8O2.C4H6O2.6CH4.H2P/c1-4-13(2,3)12(14)15-10-11-8-6-5-7-9-11;1-9(2)11(13-12)8-10-6-4-3-5-7-10;1-5-7(2,3)6(8)9-4;1-4-6(2,3)5(7)8;1-4(2)5(6)7-3;1-3(2)4(5)6;;;;;;;/h5-9H,4,10H2,1-3H3;3-7,11-12H,1,8H2,2H3;5H2,1-4H3;4H2,1-3H3,(H,7,8);1H2,2-3H3;1H2,2H3,(H,5,6);6*1H4;1H2/q;;;;;;;;;;;;-1. The lowest BCUT2D eigenvalue weighted by atomic mass is 9.91. The van der Waals surface area contributed by atoms with Gasteiger partial charge in [-0.1, -0.05) is 146 Å². The second kappa shape index (κ2) is 47.3. The van der Waals surface area contributed by atoms with Crippen molar-refractivity contribution in [3.8, 4) is 0 Å². The van der Waals surface area contributed by atoms with Gasteiger partial charge in [0.1, 0.15) is 12.7 Å². The molecule has 65 heavy (non-hydrogen) atoms. The number of hydrogen-bond donors (Lipinski definition) is 3. The fourth-order valence-corrected chi connectivity index (χ4v) is 2.94. The molecule has 0 amide bonds. The van der Waals surface area contributed by atoms with Crippen molar-refractivity contribution in [3.05, 3.63) is 108 Å². The average Bonchev–Trinajstić information content (AvgIpc) is 3.19. The number of methoxy groups -OCH3 is 2. The molecule has 2 rings (SSSR count). The van der Waals surface area contributed by atoms with Crippen LogP contribution in [0, 0.1) is 16.2 Å². The smallest absolute Gasteiger partial charge is 0.332 e. The van der Waals surface area contributed by atoms with Gasteiger partial charge in [-0.3, -0.25) is 19.6 Å². The number of esters is 3. The SMILES string of the molecule is C.C.C.C.C.C.C=C(C)C(=O)O.C=C(C)C(=O)OC.C=C(C)C(Cc1ccccc1)OO.CCC(C)(C)C(=O)O.CCC(C)(C)C(=O)OC.CCC(C)(C)C(=O)OCc1ccccc1.[PH2-]. The summed E-state index contributed by atoms with van der Waals surface area (Å²) in [5.74, 6) is -2.27. The van der Waals surface area contributed by atoms with E-state index in [1.165, 1.54) is 21.1 Å². The van der Waals surface area contributed by atoms with Crippen molar-refractivity contribution in [2.45, 2.75) is 166 Å². The summed E-state index contributed by atoms with van der Waals surface area (Å²) in [5, 5.41) is 24.9. The molecule has 0 aliphatic carbocycles. The first kappa shape index (κ1) is 87.3. The molecule has 0 aromatic heterocycles. The first-order chi connectivity index (χ1) is 26.7. The van der Waals surface area contributed by atoms with Gasteiger partial charge in [0.2, 0.25) is 0 Å². The van der Waals surface area contributed by atoms with Gasteiger partial charge in [-0.2, -0.15) is 0 Å². The summed E-state index contributed by atoms with van der Waals surface area (Å²) in [5.41, 5.74) is 2.36. The Labute approximate surface area is 401 Å². The van der Waals surface area contributed by atoms with Crippen LogP contribution in [0.5, 0.6) is 0 Å². The summed E-state index contributed by atoms with van der Waals surface area (Å²) in [4.78, 5) is 56.8. The highest BCUT2D eigenvalue weighted by molar-refractivity contribution is 6.92. The van der Waals surface area contributed by atoms with E-state index in [1.54, 1.807) is 20.8 Å². The molecule has 0 spiro atoms. The lowest BCUT2D eigenvalue weighted by molar-refractivity contribution is -0.267. The zero-order valence-corrected chi connectivity index (χ0v) is 39.3. The highest BCUT2D eigenvalue weighted by atomic mass is 31.0. The fourth-order valence-electron chi connectivity index (χ4n) is 2.94. The fraction of sp³-hybridized carbons (Fsp3) is 0.558. The van der Waals surface area contributed by atoms with Crippen LogP contribution in [0.2, 0.25) is 0 Å². The van der Waals surface area contributed by atoms with Gasteiger partial charge < -0.3 is 34.3 Å². The third-order valence-electron chi connectivity index (χ3n) is 8.57. The molecule has 384 valence electrons. The van der Waals surface area contributed by atoms with Gasteiger partial charge in [0.25, 0.3) is 0 Å². The van der Waals surface area contributed by atoms with E-state index >= 15 is 0 Å². The number of carbonyl (C=O) groups is 5. The molecule has 0 saturated carbocycles. The van der Waals surface area contributed by atoms with Gasteiger partial charge in [-0.25, -0.2) is 14.5 Å². The van der Waals surface area contributed by atoms with Crippen LogP contribution in [0.3, 0.4) is 0 Å². The minimum atomic E-state index is -0.935. The summed E-state index contributed by atoms with van der Waals surface area (Å²) >= 11 is 0. The summed E-state index contributed by atoms with van der Waals surface area (Å²) in [6, 6.07) is 19.6. The summed E-state index contributed by atoms with van der Waals surface area (Å²) in [7, 11) is 2.75. The molecule has 0 radical (unpaired) electrons. The Morgan fingerprint density at radius 1 is 0.585 bits per heavy atom. The number of hydrogen-bond acceptors (Lipinski definition) is 10. The quantitative estimate of drug-likeness (QED) is 0.0310. The Kier molecular flexibility index (Phi) is 63.6. The van der Waals surface area contributed by atoms with Gasteiger partial charge in [0, 0.05) is 17.6 Å². The monoisotopic (exact) mass is 946 g/mol. The molecule has 1 atom stereocenters. The lowest BCUT2D eigenvalue weighted by Crippen LogP contribution is -2.25. The second-order valence-electron chi connectivity index (χ2n) is 15.1. The van der Waals surface area contributed by atoms with E-state index < -0.39 is 17.4 Å². The number of rotatable bonds is 14. The van der Waals surface area contributed by atoms with Crippen LogP contribution < -0.4 is 0 Å². The minimum Gasteiger partial charge on any atom is -0.577 e. The van der Waals surface area contributed by atoms with E-state index in [-0.39, 0.29) is 94.9 Å². The summed E-state index contributed by atoms with van der Waals surface area (Å²) in [6.45, 7) is 32.3. The lowest BCUT2D eigenvalue weighted by Gasteiger charge is -2.20. The van der Waals surface area contributed by atoms with Gasteiger partial charge in [0.15, 0.2) is 0 Å². The molecule has 1 unspecified atom stereocenters. The Hall–Kier alpha value is -4.64. The maximum Gasteiger partial charge on any atom is 0.332 e. The Morgan fingerprint density at radius 2 is 0.923 bits per heavy atom. The first-order valence-electron chi connectivity index (χ1n) is 18.8. The largest absolute Gasteiger partial charge is 0.577 e. The van der Waals surface area contributed by atoms with Crippen molar-refractivity contribution in [3.63, 3.8) is 0 Å². The number of aliphatic carboxylic acids is 2. The molecular weight excluding hydrogens is 848 g/mol. The van der Waals surface area contributed by atoms with E-state index in [0.717, 1.165) is 29.5 Å². The first-order valence-corrected chi connectivity index (χ1v) is 18.8. The third-order valence-corrected chi connectivity index (χ3v) is 8.57. The molecule has 3 N–H and O–H groups in total. The van der Waals surface area contributed by atoms with Crippen LogP contribution in [-0.4, -0.2) is 65.6 Å². The van der Waals surface area contributed by atoms with Crippen molar-refractivity contribution in [1.29, 1.82) is 0 Å². The zero-order valence-electron chi connectivity index (χ0n) is 38.1. The molecule has 0 aliphatic heterocycles. The molecule has 12 nitrogen and oxygen atoms in total. The summed E-state index contributed by atoms with van der Waals surface area (Å²) in [6.07, 6.45) is 2.65. The van der Waals surface area contributed by atoms with E-state index in [0.29, 0.717) is 25.0 Å². The molecule has 0 saturated heterocycles. The highest BCUT2D eigenvalue weighted by Gasteiger charge is 2.27. The Morgan fingerprint density at radius 3 is 1.12 bits per heavy atom. The van der Waals surface area contributed by atoms with E-state index in [2.05, 4.69) is 34.1 Å². The van der Waals surface area contributed by atoms with Crippen molar-refractivity contribution >= 4 is 39.7 Å². The van der Waals surface area contributed by atoms with Crippen LogP contribution in [0.15, 0.2) is 97.1 Å². The number of benzene rings is 2. The molecule has 0 fully saturated rings. The van der Waals surface area contributed by atoms with E-state index in [4.69, 9.17) is 20.2 Å². The molecule has 0 heterocycles. The normalized spacial score (nSPS) is 9.52. The molecule has 0 aliphatic rings. The van der Waals surface area contributed by atoms with E-state index in [9.17, 15) is 24.0 Å². The third kappa shape index (κ3) is 45.7. The van der Waals surface area contributed by atoms with Crippen molar-refractivity contribution in [2.75, 3.05) is 14.2 Å². The van der Waals surface area contributed by atoms with Crippen LogP contribution in [0.1, 0.15) is 158 Å². The predicted octanol–water partition coefficient (Wildman–Crippen LogP) is 14.5. The Bertz CT molecular complexity index is 1520. The molecule has 2 aromatic carbocycles. The van der Waals surface area contributed by atoms with Crippen molar-refractivity contribution in [1.82, 2.24) is 0 Å². The topological polar surface area (TPSA) is 183 Å². The zero-order chi connectivity index (χ0) is 46.3. The molecule has 0 bridgehead atoms. The highest BCUT2D eigenvalue weighted by Crippen LogP contribution is 2.22. The van der Waals surface area contributed by atoms with Crippen LogP contribution in [-0.2, 0) is 56.1 Å². The van der Waals surface area contributed by atoms with Gasteiger partial charge in [0.05, 0.1) is 30.5 Å². The van der Waals surface area contributed by atoms with Gasteiger partial charge in [-0.15, -0.1) is 0 Å². The maximum absolute atomic E-state index is 11.6. The van der Waals surface area contributed by atoms with Gasteiger partial charge >= 0.3 is 29.8 Å². The number of carbonyl (C=O) groups excluding carboxylic acids is 3. The number of carboxylic acids is 2. The predicted molar refractivity (Wildman–Crippen MR) is 280 cm³/mol. The molecule has 2 aromatic rings. The Balaban J connectivity index is -0.0000000602. The van der Waals surface area contributed by atoms with Crippen LogP contribution >= 0.6 is 9.90 Å². The molecular formula is C52H98O12P-. The van der Waals surface area contributed by atoms with Crippen molar-refractivity contribution < 1.29 is 58.5 Å². The number of carboxylic acid groups (broad SMARTS) is 2. The van der Waals surface area contributed by atoms with E-state index in [1.807, 2.05) is 116 Å².